The number of benzene rings is 2. The molecule has 0 spiro atoms. The van der Waals surface area contributed by atoms with Gasteiger partial charge in [0.15, 0.2) is 0 Å². The summed E-state index contributed by atoms with van der Waals surface area (Å²) in [5, 5.41) is 15.9. The van der Waals surface area contributed by atoms with Crippen LogP contribution in [0, 0.1) is 23.7 Å². The number of halogens is 1. The molecule has 3 aliphatic rings. The zero-order valence-electron chi connectivity index (χ0n) is 25.0. The summed E-state index contributed by atoms with van der Waals surface area (Å²) in [6.07, 6.45) is 8.61. The predicted molar refractivity (Wildman–Crippen MR) is 169 cm³/mol. The molecule has 1 unspecified atom stereocenters. The van der Waals surface area contributed by atoms with Crippen molar-refractivity contribution in [1.29, 1.82) is 0 Å². The second-order valence-corrected chi connectivity index (χ2v) is 14.4. The van der Waals surface area contributed by atoms with E-state index in [1.54, 1.807) is 25.3 Å². The smallest absolute Gasteiger partial charge is 0.335 e. The first kappa shape index (κ1) is 31.8. The van der Waals surface area contributed by atoms with Crippen LogP contribution in [0.25, 0.3) is 0 Å². The van der Waals surface area contributed by atoms with Crippen LogP contribution >= 0.6 is 11.6 Å². The highest BCUT2D eigenvalue weighted by Crippen LogP contribution is 2.47. The van der Waals surface area contributed by atoms with Crippen LogP contribution in [0.3, 0.4) is 0 Å². The first-order chi connectivity index (χ1) is 20.6. The zero-order valence-corrected chi connectivity index (χ0v) is 26.6. The second kappa shape index (κ2) is 13.6. The highest BCUT2D eigenvalue weighted by atomic mass is 35.5. The third kappa shape index (κ3) is 7.56. The van der Waals surface area contributed by atoms with Crippen LogP contribution < -0.4 is 14.8 Å². The van der Waals surface area contributed by atoms with E-state index in [0.29, 0.717) is 35.8 Å². The monoisotopic (exact) mass is 630 g/mol. The Labute approximate surface area is 260 Å². The molecular formula is C33H43ClN2O6S. The summed E-state index contributed by atoms with van der Waals surface area (Å²) in [5.74, 6) is 0.589. The number of aryl methyl sites for hydroxylation is 1. The average Bonchev–Trinajstić information content (AvgIpc) is 2.95. The molecule has 0 aromatic heterocycles. The Morgan fingerprint density at radius 3 is 2.63 bits per heavy atom. The molecule has 5 rings (SSSR count). The number of primary sulfonamides is 1. The molecule has 0 radical (unpaired) electrons. The molecule has 3 N–H and O–H groups in total. The molecule has 0 bridgehead atoms. The number of aromatic carboxylic acids is 1. The molecule has 10 heteroatoms. The van der Waals surface area contributed by atoms with Gasteiger partial charge in [0.05, 0.1) is 29.7 Å². The Balaban J connectivity index is 1.41. The number of nitrogens with two attached hydrogens (primary N) is 1. The fraction of sp³-hybridized carbons (Fsp3) is 0.545. The topological polar surface area (TPSA) is 119 Å². The molecule has 43 heavy (non-hydrogen) atoms. The minimum Gasteiger partial charge on any atom is -0.491 e. The molecular weight excluding hydrogens is 588 g/mol. The molecule has 2 aromatic rings. The van der Waals surface area contributed by atoms with Gasteiger partial charge in [-0.15, -0.1) is 0 Å². The first-order valence-corrected chi connectivity index (χ1v) is 17.4. The number of carboxylic acids is 1. The second-order valence-electron chi connectivity index (χ2n) is 12.4. The largest absolute Gasteiger partial charge is 0.491 e. The number of hydrogen-bond acceptors (Lipinski definition) is 6. The quantitative estimate of drug-likeness (QED) is 0.306. The van der Waals surface area contributed by atoms with E-state index in [4.69, 9.17) is 26.2 Å². The normalized spacial score (nSPS) is 23.7. The van der Waals surface area contributed by atoms with E-state index >= 15 is 0 Å². The van der Waals surface area contributed by atoms with Gasteiger partial charge in [-0.1, -0.05) is 37.1 Å². The zero-order chi connectivity index (χ0) is 30.7. The van der Waals surface area contributed by atoms with Gasteiger partial charge in [-0.2, -0.15) is 0 Å². The van der Waals surface area contributed by atoms with Gasteiger partial charge >= 0.3 is 5.97 Å². The van der Waals surface area contributed by atoms with Crippen LogP contribution in [-0.2, 0) is 27.7 Å². The summed E-state index contributed by atoms with van der Waals surface area (Å²) in [5.41, 5.74) is 4.66. The third-order valence-corrected chi connectivity index (χ3v) is 10.7. The van der Waals surface area contributed by atoms with E-state index in [-0.39, 0.29) is 29.3 Å². The molecule has 0 amide bonds. The Morgan fingerprint density at radius 2 is 1.98 bits per heavy atom. The van der Waals surface area contributed by atoms with Crippen molar-refractivity contribution < 1.29 is 27.8 Å². The molecule has 1 aliphatic heterocycles. The third-order valence-electron chi connectivity index (χ3n) is 9.59. The number of nitrogens with zero attached hydrogens (tertiary/aromatic N) is 1. The number of rotatable bonds is 10. The van der Waals surface area contributed by atoms with Crippen LogP contribution in [-0.4, -0.2) is 51.6 Å². The molecule has 8 nitrogen and oxygen atoms in total. The lowest BCUT2D eigenvalue weighted by Crippen LogP contribution is -2.46. The number of fused-ring (bicyclic) bond motifs is 2. The Bertz CT molecular complexity index is 1460. The predicted octanol–water partition coefficient (Wildman–Crippen LogP) is 6.06. The fourth-order valence-electron chi connectivity index (χ4n) is 7.03. The van der Waals surface area contributed by atoms with E-state index in [9.17, 15) is 18.3 Å². The summed E-state index contributed by atoms with van der Waals surface area (Å²) in [6.45, 7) is 3.91. The van der Waals surface area contributed by atoms with Gasteiger partial charge in [0.1, 0.15) is 5.75 Å². The van der Waals surface area contributed by atoms with Crippen LogP contribution in [0.15, 0.2) is 48.0 Å². The molecule has 1 heterocycles. The first-order valence-electron chi connectivity index (χ1n) is 15.3. The molecule has 1 fully saturated rings. The summed E-state index contributed by atoms with van der Waals surface area (Å²) >= 11 is 6.40. The van der Waals surface area contributed by atoms with Gasteiger partial charge in [-0.3, -0.25) is 0 Å². The number of anilines is 1. The summed E-state index contributed by atoms with van der Waals surface area (Å²) < 4.78 is 35.8. The summed E-state index contributed by atoms with van der Waals surface area (Å²) in [7, 11) is -1.77. The van der Waals surface area contributed by atoms with Gasteiger partial charge in [-0.05, 0) is 109 Å². The minimum absolute atomic E-state index is 0.00308. The van der Waals surface area contributed by atoms with Crippen molar-refractivity contribution in [1.82, 2.24) is 0 Å². The molecule has 2 aliphatic carbocycles. The molecule has 1 saturated carbocycles. The molecule has 5 atom stereocenters. The van der Waals surface area contributed by atoms with Crippen LogP contribution in [0.4, 0.5) is 5.69 Å². The van der Waals surface area contributed by atoms with Crippen LogP contribution in [0.1, 0.15) is 66.9 Å². The summed E-state index contributed by atoms with van der Waals surface area (Å²) in [4.78, 5) is 14.3. The Morgan fingerprint density at radius 1 is 1.19 bits per heavy atom. The maximum absolute atomic E-state index is 12.0. The number of allylic oxidation sites excluding steroid dienone is 1. The van der Waals surface area contributed by atoms with Gasteiger partial charge in [-0.25, -0.2) is 18.4 Å². The molecule has 0 saturated heterocycles. The minimum atomic E-state index is -3.52. The lowest BCUT2D eigenvalue weighted by molar-refractivity contribution is -0.000326. The standard InChI is InChI=1S/C33H43ClN2O6S/c1-3-21(20-43(35,39)40)26-14-27(15-26)32(41-2)29-11-8-25(29)19-36-18-24-7-10-28(34)16-22(24)6-4-5-13-42-31-12-9-23(33(37)38)17-30(31)36/h7,9-10,12,14,16-17,21,25-26,29,32H,3-6,8,11,13,15,18-20H2,1-2H3,(H,37,38)(H2,35,39,40)/t21-,25+,26?,29-,32-/m1/s1. The van der Waals surface area contributed by atoms with Gasteiger partial charge < -0.3 is 19.5 Å². The maximum atomic E-state index is 12.0. The average molecular weight is 631 g/mol. The van der Waals surface area contributed by atoms with Crippen molar-refractivity contribution in [2.75, 3.05) is 30.9 Å². The van der Waals surface area contributed by atoms with Crippen LogP contribution in [0.2, 0.25) is 5.02 Å². The number of carboxylic acid groups (broad SMARTS) is 1. The lowest BCUT2D eigenvalue weighted by Gasteiger charge is -2.47. The van der Waals surface area contributed by atoms with E-state index in [1.807, 2.05) is 13.0 Å². The van der Waals surface area contributed by atoms with Crippen molar-refractivity contribution in [2.45, 2.75) is 64.5 Å². The van der Waals surface area contributed by atoms with Gasteiger partial charge in [0.25, 0.3) is 0 Å². The Kier molecular flexibility index (Phi) is 10.1. The fourth-order valence-corrected chi connectivity index (χ4v) is 8.30. The van der Waals surface area contributed by atoms with Gasteiger partial charge in [0, 0.05) is 25.2 Å². The van der Waals surface area contributed by atoms with Crippen molar-refractivity contribution in [2.24, 2.45) is 28.8 Å². The van der Waals surface area contributed by atoms with Gasteiger partial charge in [0.2, 0.25) is 10.0 Å². The van der Waals surface area contributed by atoms with Crippen LogP contribution in [0.5, 0.6) is 5.75 Å². The van der Waals surface area contributed by atoms with Crippen molar-refractivity contribution >= 4 is 33.3 Å². The SMILES string of the molecule is CC[C@H](CS(N)(=O)=O)C1C=C([C@@H](OC)[C@@H]2CC[C@H]2CN2Cc3ccc(Cl)cc3CCCCOc3ccc(C(=O)O)cc32)C1. The van der Waals surface area contributed by atoms with Crippen molar-refractivity contribution in [3.63, 3.8) is 0 Å². The number of hydrogen-bond donors (Lipinski definition) is 2. The highest BCUT2D eigenvalue weighted by molar-refractivity contribution is 7.89. The number of methoxy groups -OCH3 is 1. The highest BCUT2D eigenvalue weighted by Gasteiger charge is 2.43. The van der Waals surface area contributed by atoms with E-state index in [2.05, 4.69) is 23.1 Å². The number of carbonyl (C=O) groups is 1. The van der Waals surface area contributed by atoms with Crippen molar-refractivity contribution in [3.05, 3.63) is 69.8 Å². The number of ether oxygens (including phenoxy) is 2. The van der Waals surface area contributed by atoms with Crippen molar-refractivity contribution in [3.8, 4) is 5.75 Å². The van der Waals surface area contributed by atoms with E-state index in [1.165, 1.54) is 16.7 Å². The maximum Gasteiger partial charge on any atom is 0.335 e. The molecule has 2 aromatic carbocycles. The lowest BCUT2D eigenvalue weighted by atomic mass is 9.64. The number of sulfonamides is 1. The Hall–Kier alpha value is -2.59. The molecule has 234 valence electrons. The van der Waals surface area contributed by atoms with E-state index < -0.39 is 16.0 Å². The van der Waals surface area contributed by atoms with E-state index in [0.717, 1.165) is 57.2 Å². The summed E-state index contributed by atoms with van der Waals surface area (Å²) in [6, 6.07) is 11.2.